The summed E-state index contributed by atoms with van der Waals surface area (Å²) in [6.07, 6.45) is -3.18. The molecule has 0 atom stereocenters. The highest BCUT2D eigenvalue weighted by Gasteiger charge is 2.25. The van der Waals surface area contributed by atoms with Gasteiger partial charge in [0.2, 0.25) is 0 Å². The Morgan fingerprint density at radius 1 is 1.05 bits per heavy atom. The lowest BCUT2D eigenvalue weighted by Crippen LogP contribution is -2.17. The predicted octanol–water partition coefficient (Wildman–Crippen LogP) is 3.01. The van der Waals surface area contributed by atoms with E-state index in [1.54, 1.807) is 0 Å². The molecule has 0 saturated carbocycles. The number of unbranched alkanes of at least 4 members (excludes halogenated alkanes) is 1. The Labute approximate surface area is 112 Å². The second-order valence-electron chi connectivity index (χ2n) is 4.56. The van der Waals surface area contributed by atoms with Crippen LogP contribution in [-0.4, -0.2) is 19.3 Å². The van der Waals surface area contributed by atoms with Crippen LogP contribution in [0.4, 0.5) is 13.2 Å². The fourth-order valence-corrected chi connectivity index (χ4v) is 1.93. The Morgan fingerprint density at radius 3 is 2.37 bits per heavy atom. The fourth-order valence-electron chi connectivity index (χ4n) is 1.93. The Balaban J connectivity index is 2.22. The lowest BCUT2D eigenvalue weighted by atomic mass is 10.0. The zero-order valence-corrected chi connectivity index (χ0v) is 11.0. The van der Waals surface area contributed by atoms with Crippen LogP contribution in [0.15, 0.2) is 24.3 Å². The summed E-state index contributed by atoms with van der Waals surface area (Å²) < 4.78 is 35.8. The highest BCUT2D eigenvalue weighted by molar-refractivity contribution is 5.27. The molecule has 108 valence electrons. The first kappa shape index (κ1) is 16.0. The number of rotatable bonds is 8. The van der Waals surface area contributed by atoms with E-state index in [-0.39, 0.29) is 6.42 Å². The van der Waals surface area contributed by atoms with Crippen molar-refractivity contribution in [2.24, 2.45) is 5.73 Å². The van der Waals surface area contributed by atoms with Crippen LogP contribution >= 0.6 is 0 Å². The fraction of sp³-hybridized carbons (Fsp3) is 0.571. The molecule has 0 aliphatic carbocycles. The van der Waals surface area contributed by atoms with Gasteiger partial charge in [-0.15, -0.1) is 0 Å². The third kappa shape index (κ3) is 7.18. The van der Waals surface area contributed by atoms with Gasteiger partial charge in [0.25, 0.3) is 0 Å². The molecule has 0 radical (unpaired) electrons. The summed E-state index contributed by atoms with van der Waals surface area (Å²) in [4.78, 5) is 0. The zero-order valence-electron chi connectivity index (χ0n) is 11.0. The summed E-state index contributed by atoms with van der Waals surface area (Å²) >= 11 is 0. The van der Waals surface area contributed by atoms with Crippen molar-refractivity contribution in [2.45, 2.75) is 38.4 Å². The van der Waals surface area contributed by atoms with Crippen LogP contribution in [0.3, 0.4) is 0 Å². The number of benzene rings is 1. The quantitative estimate of drug-likeness (QED) is 0.715. The van der Waals surface area contributed by atoms with E-state index in [0.29, 0.717) is 26.1 Å². The number of alkyl halides is 3. The number of hydrogen-bond donors (Lipinski definition) is 2. The average Bonchev–Trinajstić information content (AvgIpc) is 2.34. The van der Waals surface area contributed by atoms with Gasteiger partial charge in [0.1, 0.15) is 0 Å². The number of halogens is 3. The lowest BCUT2D eigenvalue weighted by molar-refractivity contribution is -0.135. The normalized spacial score (nSPS) is 11.8. The van der Waals surface area contributed by atoms with E-state index in [4.69, 9.17) is 5.73 Å². The highest BCUT2D eigenvalue weighted by atomic mass is 19.4. The van der Waals surface area contributed by atoms with Crippen molar-refractivity contribution in [1.29, 1.82) is 0 Å². The molecule has 19 heavy (non-hydrogen) atoms. The standard InChI is InChI=1S/C14H21F3N2/c15-14(16,17)8-3-4-10-19-11-13-6-2-1-5-12(13)7-9-18/h1-2,5-6,19H,3-4,7-11,18H2. The number of nitrogens with one attached hydrogen (secondary N) is 1. The maximum atomic E-state index is 11.9. The first-order valence-corrected chi connectivity index (χ1v) is 6.57. The minimum atomic E-state index is -4.03. The summed E-state index contributed by atoms with van der Waals surface area (Å²) in [5.41, 5.74) is 7.91. The Bertz CT molecular complexity index is 364. The topological polar surface area (TPSA) is 38.0 Å². The van der Waals surface area contributed by atoms with Crippen molar-refractivity contribution in [2.75, 3.05) is 13.1 Å². The largest absolute Gasteiger partial charge is 0.389 e. The van der Waals surface area contributed by atoms with E-state index in [1.165, 1.54) is 11.1 Å². The van der Waals surface area contributed by atoms with Crippen LogP contribution in [0, 0.1) is 0 Å². The molecule has 5 heteroatoms. The summed E-state index contributed by atoms with van der Waals surface area (Å²) in [5.74, 6) is 0. The van der Waals surface area contributed by atoms with Gasteiger partial charge in [0.05, 0.1) is 0 Å². The highest BCUT2D eigenvalue weighted by Crippen LogP contribution is 2.21. The number of nitrogens with two attached hydrogens (primary N) is 1. The summed E-state index contributed by atoms with van der Waals surface area (Å²) in [7, 11) is 0. The van der Waals surface area contributed by atoms with Crippen molar-refractivity contribution < 1.29 is 13.2 Å². The van der Waals surface area contributed by atoms with Gasteiger partial charge >= 0.3 is 6.18 Å². The van der Waals surface area contributed by atoms with Gasteiger partial charge in [0.15, 0.2) is 0 Å². The van der Waals surface area contributed by atoms with Crippen molar-refractivity contribution >= 4 is 0 Å². The van der Waals surface area contributed by atoms with Gasteiger partial charge in [-0.1, -0.05) is 24.3 Å². The van der Waals surface area contributed by atoms with Crippen molar-refractivity contribution in [3.63, 3.8) is 0 Å². The smallest absolute Gasteiger partial charge is 0.330 e. The molecular weight excluding hydrogens is 253 g/mol. The minimum Gasteiger partial charge on any atom is -0.330 e. The lowest BCUT2D eigenvalue weighted by Gasteiger charge is -2.10. The first-order valence-electron chi connectivity index (χ1n) is 6.57. The average molecular weight is 274 g/mol. The van der Waals surface area contributed by atoms with Crippen LogP contribution in [0.2, 0.25) is 0 Å². The van der Waals surface area contributed by atoms with E-state index in [0.717, 1.165) is 6.42 Å². The molecular formula is C14H21F3N2. The molecule has 0 heterocycles. The maximum Gasteiger partial charge on any atom is 0.389 e. The summed E-state index contributed by atoms with van der Waals surface area (Å²) in [6, 6.07) is 7.99. The van der Waals surface area contributed by atoms with Crippen LogP contribution < -0.4 is 11.1 Å². The third-order valence-electron chi connectivity index (χ3n) is 2.91. The van der Waals surface area contributed by atoms with E-state index < -0.39 is 12.6 Å². The molecule has 0 amide bonds. The molecule has 0 saturated heterocycles. The van der Waals surface area contributed by atoms with Gasteiger partial charge in [-0.3, -0.25) is 0 Å². The van der Waals surface area contributed by atoms with Gasteiger partial charge in [-0.2, -0.15) is 13.2 Å². The van der Waals surface area contributed by atoms with Gasteiger partial charge in [-0.25, -0.2) is 0 Å². The molecule has 0 bridgehead atoms. The van der Waals surface area contributed by atoms with Gasteiger partial charge < -0.3 is 11.1 Å². The molecule has 0 spiro atoms. The molecule has 2 nitrogen and oxygen atoms in total. The summed E-state index contributed by atoms with van der Waals surface area (Å²) in [6.45, 7) is 1.89. The second kappa shape index (κ2) is 8.17. The molecule has 1 aromatic rings. The van der Waals surface area contributed by atoms with Crippen LogP contribution in [0.1, 0.15) is 30.4 Å². The molecule has 0 aliphatic rings. The molecule has 3 N–H and O–H groups in total. The van der Waals surface area contributed by atoms with E-state index >= 15 is 0 Å². The van der Waals surface area contributed by atoms with Crippen LogP contribution in [0.5, 0.6) is 0 Å². The predicted molar refractivity (Wildman–Crippen MR) is 70.8 cm³/mol. The van der Waals surface area contributed by atoms with Crippen LogP contribution in [0.25, 0.3) is 0 Å². The van der Waals surface area contributed by atoms with E-state index in [1.807, 2.05) is 24.3 Å². The third-order valence-corrected chi connectivity index (χ3v) is 2.91. The first-order chi connectivity index (χ1) is 9.03. The molecule has 1 rings (SSSR count). The maximum absolute atomic E-state index is 11.9. The second-order valence-corrected chi connectivity index (χ2v) is 4.56. The van der Waals surface area contributed by atoms with E-state index in [9.17, 15) is 13.2 Å². The van der Waals surface area contributed by atoms with Gasteiger partial charge in [-0.05, 0) is 43.5 Å². The minimum absolute atomic E-state index is 0.181. The Hall–Kier alpha value is -1.07. The molecule has 0 aromatic heterocycles. The molecule has 1 aromatic carbocycles. The monoisotopic (exact) mass is 274 g/mol. The zero-order chi connectivity index (χ0) is 14.1. The molecule has 0 unspecified atom stereocenters. The molecule has 0 fully saturated rings. The van der Waals surface area contributed by atoms with Gasteiger partial charge in [0, 0.05) is 13.0 Å². The summed E-state index contributed by atoms with van der Waals surface area (Å²) in [5, 5.41) is 3.18. The van der Waals surface area contributed by atoms with Crippen molar-refractivity contribution in [1.82, 2.24) is 5.32 Å². The van der Waals surface area contributed by atoms with E-state index in [2.05, 4.69) is 5.32 Å². The molecule has 0 aliphatic heterocycles. The van der Waals surface area contributed by atoms with Crippen molar-refractivity contribution in [3.05, 3.63) is 35.4 Å². The SMILES string of the molecule is NCCc1ccccc1CNCCCCC(F)(F)F. The Kier molecular flexibility index (Phi) is 6.87. The number of hydrogen-bond acceptors (Lipinski definition) is 2. The Morgan fingerprint density at radius 2 is 1.74 bits per heavy atom. The van der Waals surface area contributed by atoms with Crippen LogP contribution in [-0.2, 0) is 13.0 Å². The van der Waals surface area contributed by atoms with Crippen molar-refractivity contribution in [3.8, 4) is 0 Å².